The summed E-state index contributed by atoms with van der Waals surface area (Å²) >= 11 is 0. The van der Waals surface area contributed by atoms with Gasteiger partial charge in [-0.25, -0.2) is 17.7 Å². The number of nitrogens with zero attached hydrogens (tertiary/aromatic N) is 4. The summed E-state index contributed by atoms with van der Waals surface area (Å²) < 4.78 is 31.7. The Bertz CT molecular complexity index is 1110. The molecule has 0 unspecified atom stereocenters. The van der Waals surface area contributed by atoms with Gasteiger partial charge in [0.1, 0.15) is 11.9 Å². The van der Waals surface area contributed by atoms with Gasteiger partial charge in [0.25, 0.3) is 5.91 Å². The van der Waals surface area contributed by atoms with Crippen LogP contribution in [0.3, 0.4) is 0 Å². The van der Waals surface area contributed by atoms with Gasteiger partial charge in [-0.3, -0.25) is 4.79 Å². The minimum absolute atomic E-state index is 0.0509. The molecule has 1 saturated heterocycles. The van der Waals surface area contributed by atoms with Crippen molar-refractivity contribution in [2.75, 3.05) is 63.7 Å². The van der Waals surface area contributed by atoms with Gasteiger partial charge in [0.05, 0.1) is 29.2 Å². The fourth-order valence-electron chi connectivity index (χ4n) is 3.24. The quantitative estimate of drug-likeness (QED) is 0.558. The Hall–Kier alpha value is -3.20. The van der Waals surface area contributed by atoms with Crippen LogP contribution >= 0.6 is 0 Å². The molecule has 1 aromatic heterocycles. The molecule has 2 heterocycles. The minimum atomic E-state index is -3.69. The van der Waals surface area contributed by atoms with Crippen molar-refractivity contribution >= 4 is 27.4 Å². The highest BCUT2D eigenvalue weighted by atomic mass is 32.2. The number of rotatable bonds is 8. The number of hydrogen-bond donors (Lipinski definition) is 2. The molecule has 1 aliphatic heterocycles. The van der Waals surface area contributed by atoms with Crippen molar-refractivity contribution in [3.63, 3.8) is 0 Å². The van der Waals surface area contributed by atoms with Crippen LogP contribution in [0.25, 0.3) is 0 Å². The van der Waals surface area contributed by atoms with Crippen LogP contribution in [-0.4, -0.2) is 77.1 Å². The molecular formula is C21H26N6O4S. The third-order valence-electron chi connectivity index (χ3n) is 4.97. The summed E-state index contributed by atoms with van der Waals surface area (Å²) in [6.45, 7) is 2.89. The number of nitriles is 1. The number of morpholine rings is 1. The van der Waals surface area contributed by atoms with Gasteiger partial charge in [-0.1, -0.05) is 0 Å². The molecule has 1 fully saturated rings. The van der Waals surface area contributed by atoms with Crippen molar-refractivity contribution in [3.8, 4) is 6.07 Å². The highest BCUT2D eigenvalue weighted by Crippen LogP contribution is 2.26. The van der Waals surface area contributed by atoms with Gasteiger partial charge in [-0.2, -0.15) is 5.26 Å². The van der Waals surface area contributed by atoms with E-state index >= 15 is 0 Å². The number of sulfonamides is 1. The average molecular weight is 459 g/mol. The van der Waals surface area contributed by atoms with Crippen molar-refractivity contribution < 1.29 is 17.9 Å². The average Bonchev–Trinajstić information content (AvgIpc) is 2.82. The summed E-state index contributed by atoms with van der Waals surface area (Å²) in [6, 6.07) is 9.98. The zero-order valence-corrected chi connectivity index (χ0v) is 18.9. The number of carbonyl (C=O) groups is 1. The number of anilines is 2. The normalized spacial score (nSPS) is 14.1. The van der Waals surface area contributed by atoms with Gasteiger partial charge in [0, 0.05) is 52.2 Å². The van der Waals surface area contributed by atoms with Crippen LogP contribution in [0.15, 0.2) is 41.4 Å². The number of benzene rings is 1. The van der Waals surface area contributed by atoms with Crippen molar-refractivity contribution in [1.29, 1.82) is 5.26 Å². The van der Waals surface area contributed by atoms with E-state index < -0.39 is 10.0 Å². The third kappa shape index (κ3) is 5.34. The highest BCUT2D eigenvalue weighted by Gasteiger charge is 2.24. The van der Waals surface area contributed by atoms with Gasteiger partial charge < -0.3 is 20.3 Å². The molecule has 0 radical (unpaired) electrons. The van der Waals surface area contributed by atoms with Gasteiger partial charge in [0.15, 0.2) is 0 Å². The Kier molecular flexibility index (Phi) is 7.63. The van der Waals surface area contributed by atoms with E-state index in [9.17, 15) is 13.2 Å². The van der Waals surface area contributed by atoms with E-state index in [2.05, 4.69) is 21.7 Å². The van der Waals surface area contributed by atoms with Gasteiger partial charge >= 0.3 is 0 Å². The molecule has 0 spiro atoms. The summed E-state index contributed by atoms with van der Waals surface area (Å²) in [6.07, 6.45) is 1.58. The maximum atomic E-state index is 13.0. The van der Waals surface area contributed by atoms with Crippen LogP contribution in [0.4, 0.5) is 11.5 Å². The Balaban J connectivity index is 1.77. The molecule has 0 aliphatic carbocycles. The first kappa shape index (κ1) is 23.5. The highest BCUT2D eigenvalue weighted by molar-refractivity contribution is 7.89. The minimum Gasteiger partial charge on any atom is -0.378 e. The first-order valence-electron chi connectivity index (χ1n) is 10.1. The molecule has 3 rings (SSSR count). The zero-order valence-electron chi connectivity index (χ0n) is 18.0. The zero-order chi connectivity index (χ0) is 23.1. The number of nitrogens with one attached hydrogen (secondary N) is 2. The molecule has 0 saturated carbocycles. The lowest BCUT2D eigenvalue weighted by Gasteiger charge is -2.30. The molecule has 32 heavy (non-hydrogen) atoms. The predicted octanol–water partition coefficient (Wildman–Crippen LogP) is 0.882. The first-order valence-corrected chi connectivity index (χ1v) is 11.5. The second-order valence-corrected chi connectivity index (χ2v) is 9.41. The molecule has 11 heteroatoms. The molecule has 1 aliphatic rings. The molecule has 1 aromatic carbocycles. The molecule has 0 bridgehead atoms. The summed E-state index contributed by atoms with van der Waals surface area (Å²) in [5.41, 5.74) is 1.35. The molecule has 0 atom stereocenters. The molecule has 2 N–H and O–H groups in total. The lowest BCUT2D eigenvalue weighted by molar-refractivity contribution is 0.0953. The van der Waals surface area contributed by atoms with Crippen molar-refractivity contribution in [2.45, 2.75) is 4.90 Å². The second kappa shape index (κ2) is 10.4. The van der Waals surface area contributed by atoms with E-state index in [-0.39, 0.29) is 22.9 Å². The van der Waals surface area contributed by atoms with E-state index in [0.717, 1.165) is 4.31 Å². The van der Waals surface area contributed by atoms with Crippen LogP contribution in [0.1, 0.15) is 15.9 Å². The van der Waals surface area contributed by atoms with E-state index in [4.69, 9.17) is 10.00 Å². The maximum Gasteiger partial charge on any atom is 0.253 e. The Labute approximate surface area is 187 Å². The molecular weight excluding hydrogens is 432 g/mol. The number of carbonyl (C=O) groups excluding carboxylic acids is 1. The standard InChI is InChI=1S/C21H26N6O4S/c1-26(2)32(29,30)17-5-6-19(27-10-12-31-13-11-27)18(14-17)21(28)25-9-8-24-20-16(15-22)4-3-7-23-20/h3-7,14H,8-13H2,1-2H3,(H,23,24)(H,25,28). The van der Waals surface area contributed by atoms with Crippen LogP contribution < -0.4 is 15.5 Å². The number of ether oxygens (including phenoxy) is 1. The van der Waals surface area contributed by atoms with E-state index in [1.165, 1.54) is 26.2 Å². The van der Waals surface area contributed by atoms with Crippen molar-refractivity contribution in [1.82, 2.24) is 14.6 Å². The summed E-state index contributed by atoms with van der Waals surface area (Å²) in [7, 11) is -0.794. The Morgan fingerprint density at radius 2 is 2.00 bits per heavy atom. The molecule has 170 valence electrons. The number of hydrogen-bond acceptors (Lipinski definition) is 8. The van der Waals surface area contributed by atoms with Crippen molar-refractivity contribution in [3.05, 3.63) is 47.7 Å². The SMILES string of the molecule is CN(C)S(=O)(=O)c1ccc(N2CCOCC2)c(C(=O)NCCNc2ncccc2C#N)c1. The number of aromatic nitrogens is 1. The van der Waals surface area contributed by atoms with E-state index in [1.807, 2.05) is 4.90 Å². The first-order chi connectivity index (χ1) is 15.3. The maximum absolute atomic E-state index is 13.0. The van der Waals surface area contributed by atoms with E-state index in [1.54, 1.807) is 24.4 Å². The van der Waals surface area contributed by atoms with Crippen LogP contribution in [-0.2, 0) is 14.8 Å². The Morgan fingerprint density at radius 3 is 2.69 bits per heavy atom. The summed E-state index contributed by atoms with van der Waals surface area (Å²) in [4.78, 5) is 19.2. The second-order valence-electron chi connectivity index (χ2n) is 7.26. The van der Waals surface area contributed by atoms with Gasteiger partial charge in [0.2, 0.25) is 10.0 Å². The molecule has 2 aromatic rings. The predicted molar refractivity (Wildman–Crippen MR) is 120 cm³/mol. The fourth-order valence-corrected chi connectivity index (χ4v) is 4.17. The van der Waals surface area contributed by atoms with Crippen LogP contribution in [0.2, 0.25) is 0 Å². The Morgan fingerprint density at radius 1 is 1.25 bits per heavy atom. The fraction of sp³-hybridized carbons (Fsp3) is 0.381. The third-order valence-corrected chi connectivity index (χ3v) is 6.79. The number of amides is 1. The van der Waals surface area contributed by atoms with Gasteiger partial charge in [-0.05, 0) is 30.3 Å². The lowest BCUT2D eigenvalue weighted by Crippen LogP contribution is -2.38. The smallest absolute Gasteiger partial charge is 0.253 e. The van der Waals surface area contributed by atoms with Crippen LogP contribution in [0.5, 0.6) is 0 Å². The number of pyridine rings is 1. The lowest BCUT2D eigenvalue weighted by atomic mass is 10.1. The molecule has 10 nitrogen and oxygen atoms in total. The van der Waals surface area contributed by atoms with E-state index in [0.29, 0.717) is 49.9 Å². The summed E-state index contributed by atoms with van der Waals surface area (Å²) in [5, 5.41) is 15.0. The van der Waals surface area contributed by atoms with Crippen molar-refractivity contribution in [2.24, 2.45) is 0 Å². The monoisotopic (exact) mass is 458 g/mol. The molecule has 1 amide bonds. The van der Waals surface area contributed by atoms with Gasteiger partial charge in [-0.15, -0.1) is 0 Å². The summed E-state index contributed by atoms with van der Waals surface area (Å²) in [5.74, 6) is 0.0583. The largest absolute Gasteiger partial charge is 0.378 e. The topological polar surface area (TPSA) is 128 Å². The van der Waals surface area contributed by atoms with Crippen LogP contribution in [0, 0.1) is 11.3 Å².